The molecule has 1 aliphatic rings. The Hall–Kier alpha value is -0.730. The number of methoxy groups -OCH3 is 1. The van der Waals surface area contributed by atoms with Crippen LogP contribution in [0.15, 0.2) is 18.2 Å². The number of hydrogen-bond donors (Lipinski definition) is 1. The molecule has 0 aliphatic heterocycles. The first-order valence-corrected chi connectivity index (χ1v) is 6.95. The molecule has 1 aliphatic carbocycles. The quantitative estimate of drug-likeness (QED) is 0.880. The van der Waals surface area contributed by atoms with Crippen molar-refractivity contribution in [3.63, 3.8) is 0 Å². The van der Waals surface area contributed by atoms with Crippen molar-refractivity contribution < 1.29 is 4.74 Å². The number of hydrogen-bond acceptors (Lipinski definition) is 2. The highest BCUT2D eigenvalue weighted by Gasteiger charge is 2.37. The lowest BCUT2D eigenvalue weighted by molar-refractivity contribution is 0.180. The molecule has 0 spiro atoms. The van der Waals surface area contributed by atoms with E-state index in [1.54, 1.807) is 7.11 Å². The fourth-order valence-corrected chi connectivity index (χ4v) is 3.64. The van der Waals surface area contributed by atoms with Crippen LogP contribution in [0, 0.1) is 11.8 Å². The Morgan fingerprint density at radius 1 is 1.28 bits per heavy atom. The monoisotopic (exact) mass is 267 g/mol. The molecule has 1 aromatic carbocycles. The van der Waals surface area contributed by atoms with E-state index in [1.807, 2.05) is 18.2 Å². The Morgan fingerprint density at radius 2 is 1.89 bits per heavy atom. The van der Waals surface area contributed by atoms with Crippen LogP contribution in [0.1, 0.15) is 38.7 Å². The average molecular weight is 268 g/mol. The highest BCUT2D eigenvalue weighted by molar-refractivity contribution is 6.30. The second kappa shape index (κ2) is 5.10. The van der Waals surface area contributed by atoms with Gasteiger partial charge in [-0.25, -0.2) is 0 Å². The number of benzene rings is 1. The van der Waals surface area contributed by atoms with Crippen molar-refractivity contribution in [3.05, 3.63) is 28.8 Å². The molecule has 100 valence electrons. The molecule has 1 aromatic rings. The number of ether oxygens (including phenoxy) is 1. The minimum atomic E-state index is -0.312. The van der Waals surface area contributed by atoms with E-state index in [9.17, 15) is 0 Å². The second-order valence-electron chi connectivity index (χ2n) is 5.86. The van der Waals surface area contributed by atoms with E-state index >= 15 is 0 Å². The lowest BCUT2D eigenvalue weighted by Gasteiger charge is -2.41. The fraction of sp³-hybridized carbons (Fsp3) is 0.600. The van der Waals surface area contributed by atoms with Crippen LogP contribution in [-0.4, -0.2) is 7.11 Å². The maximum absolute atomic E-state index is 6.67. The summed E-state index contributed by atoms with van der Waals surface area (Å²) < 4.78 is 5.45. The van der Waals surface area contributed by atoms with Crippen molar-refractivity contribution in [2.75, 3.05) is 7.11 Å². The van der Waals surface area contributed by atoms with Gasteiger partial charge in [0.2, 0.25) is 0 Å². The summed E-state index contributed by atoms with van der Waals surface area (Å²) >= 11 is 6.12. The lowest BCUT2D eigenvalue weighted by atomic mass is 9.69. The van der Waals surface area contributed by atoms with Gasteiger partial charge in [-0.3, -0.25) is 0 Å². The standard InChI is InChI=1S/C15H22ClNO/c1-10-6-11(2)9-15(17,8-10)13-7-12(16)4-5-14(13)18-3/h4-5,7,10-11H,6,8-9,17H2,1-3H3. The Bertz CT molecular complexity index is 423. The smallest absolute Gasteiger partial charge is 0.124 e. The average Bonchev–Trinajstić information content (AvgIpc) is 2.27. The molecule has 2 atom stereocenters. The van der Waals surface area contributed by atoms with Gasteiger partial charge in [0.15, 0.2) is 0 Å². The van der Waals surface area contributed by atoms with Crippen LogP contribution in [0.5, 0.6) is 5.75 Å². The van der Waals surface area contributed by atoms with Crippen LogP contribution >= 0.6 is 11.6 Å². The Kier molecular flexibility index (Phi) is 3.88. The van der Waals surface area contributed by atoms with Gasteiger partial charge >= 0.3 is 0 Å². The molecular formula is C15H22ClNO. The molecule has 0 amide bonds. The van der Waals surface area contributed by atoms with E-state index in [0.29, 0.717) is 11.8 Å². The summed E-state index contributed by atoms with van der Waals surface area (Å²) in [7, 11) is 1.69. The van der Waals surface area contributed by atoms with Gasteiger partial charge in [-0.05, 0) is 49.3 Å². The molecular weight excluding hydrogens is 246 g/mol. The molecule has 2 nitrogen and oxygen atoms in total. The first kappa shape index (κ1) is 13.7. The molecule has 0 saturated heterocycles. The van der Waals surface area contributed by atoms with E-state index in [4.69, 9.17) is 22.1 Å². The van der Waals surface area contributed by atoms with Crippen LogP contribution in [0.2, 0.25) is 5.02 Å². The largest absolute Gasteiger partial charge is 0.496 e. The molecule has 1 saturated carbocycles. The van der Waals surface area contributed by atoms with E-state index in [0.717, 1.165) is 29.2 Å². The minimum Gasteiger partial charge on any atom is -0.496 e. The maximum atomic E-state index is 6.67. The van der Waals surface area contributed by atoms with Crippen molar-refractivity contribution in [1.29, 1.82) is 0 Å². The number of rotatable bonds is 2. The van der Waals surface area contributed by atoms with Crippen LogP contribution < -0.4 is 10.5 Å². The Morgan fingerprint density at radius 3 is 2.44 bits per heavy atom. The van der Waals surface area contributed by atoms with Crippen LogP contribution in [0.3, 0.4) is 0 Å². The lowest BCUT2D eigenvalue weighted by Crippen LogP contribution is -2.43. The fourth-order valence-electron chi connectivity index (χ4n) is 3.47. The highest BCUT2D eigenvalue weighted by atomic mass is 35.5. The summed E-state index contributed by atoms with van der Waals surface area (Å²) in [5.74, 6) is 2.13. The summed E-state index contributed by atoms with van der Waals surface area (Å²) in [6, 6.07) is 5.73. The maximum Gasteiger partial charge on any atom is 0.124 e. The molecule has 2 unspecified atom stereocenters. The van der Waals surface area contributed by atoms with Gasteiger partial charge in [-0.1, -0.05) is 25.4 Å². The van der Waals surface area contributed by atoms with Crippen molar-refractivity contribution in [2.24, 2.45) is 17.6 Å². The van der Waals surface area contributed by atoms with E-state index in [1.165, 1.54) is 6.42 Å². The summed E-state index contributed by atoms with van der Waals surface area (Å²) in [4.78, 5) is 0. The van der Waals surface area contributed by atoms with Crippen molar-refractivity contribution >= 4 is 11.6 Å². The van der Waals surface area contributed by atoms with E-state index in [2.05, 4.69) is 13.8 Å². The molecule has 3 heteroatoms. The van der Waals surface area contributed by atoms with Gasteiger partial charge in [0.05, 0.1) is 7.11 Å². The third kappa shape index (κ3) is 2.65. The zero-order valence-electron chi connectivity index (χ0n) is 11.4. The zero-order chi connectivity index (χ0) is 13.3. The molecule has 0 heterocycles. The number of halogens is 1. The van der Waals surface area contributed by atoms with E-state index < -0.39 is 0 Å². The van der Waals surface area contributed by atoms with Crippen molar-refractivity contribution in [2.45, 2.75) is 38.6 Å². The van der Waals surface area contributed by atoms with Crippen molar-refractivity contribution in [3.8, 4) is 5.75 Å². The van der Waals surface area contributed by atoms with E-state index in [-0.39, 0.29) is 5.54 Å². The summed E-state index contributed by atoms with van der Waals surface area (Å²) in [5, 5.41) is 0.724. The first-order valence-electron chi connectivity index (χ1n) is 6.57. The van der Waals surface area contributed by atoms with Gasteiger partial charge in [-0.15, -0.1) is 0 Å². The zero-order valence-corrected chi connectivity index (χ0v) is 12.1. The van der Waals surface area contributed by atoms with Gasteiger partial charge in [-0.2, -0.15) is 0 Å². The summed E-state index contributed by atoms with van der Waals surface area (Å²) in [6.45, 7) is 4.54. The third-order valence-corrected chi connectivity index (χ3v) is 4.16. The Labute approximate surface area is 114 Å². The minimum absolute atomic E-state index is 0.312. The van der Waals surface area contributed by atoms with Gasteiger partial charge < -0.3 is 10.5 Å². The molecule has 1 fully saturated rings. The molecule has 18 heavy (non-hydrogen) atoms. The van der Waals surface area contributed by atoms with Gasteiger partial charge in [0.1, 0.15) is 5.75 Å². The molecule has 0 radical (unpaired) electrons. The van der Waals surface area contributed by atoms with Crippen LogP contribution in [0.25, 0.3) is 0 Å². The predicted octanol–water partition coefficient (Wildman–Crippen LogP) is 3.96. The molecule has 2 rings (SSSR count). The normalized spacial score (nSPS) is 32.3. The summed E-state index contributed by atoms with van der Waals surface area (Å²) in [6.07, 6.45) is 3.24. The third-order valence-electron chi connectivity index (χ3n) is 3.93. The Balaban J connectivity index is 2.42. The van der Waals surface area contributed by atoms with Gasteiger partial charge in [0, 0.05) is 16.1 Å². The van der Waals surface area contributed by atoms with Crippen LogP contribution in [0.4, 0.5) is 0 Å². The molecule has 2 N–H and O–H groups in total. The number of nitrogens with two attached hydrogens (primary N) is 1. The van der Waals surface area contributed by atoms with Gasteiger partial charge in [0.25, 0.3) is 0 Å². The summed E-state index contributed by atoms with van der Waals surface area (Å²) in [5.41, 5.74) is 7.41. The SMILES string of the molecule is COc1ccc(Cl)cc1C1(N)CC(C)CC(C)C1. The second-order valence-corrected chi connectivity index (χ2v) is 6.29. The first-order chi connectivity index (χ1) is 8.44. The molecule has 0 bridgehead atoms. The molecule has 0 aromatic heterocycles. The van der Waals surface area contributed by atoms with Crippen LogP contribution in [-0.2, 0) is 5.54 Å². The highest BCUT2D eigenvalue weighted by Crippen LogP contribution is 2.44. The predicted molar refractivity (Wildman–Crippen MR) is 76.0 cm³/mol. The van der Waals surface area contributed by atoms with Crippen molar-refractivity contribution in [1.82, 2.24) is 0 Å². The topological polar surface area (TPSA) is 35.2 Å².